The molecule has 27 heavy (non-hydrogen) atoms. The van der Waals surface area contributed by atoms with Crippen molar-refractivity contribution in [2.45, 2.75) is 33.3 Å². The van der Waals surface area contributed by atoms with Gasteiger partial charge in [0.2, 0.25) is 0 Å². The molecule has 0 fully saturated rings. The monoisotopic (exact) mass is 372 g/mol. The Morgan fingerprint density at radius 1 is 1.11 bits per heavy atom. The molecule has 0 amide bonds. The van der Waals surface area contributed by atoms with Gasteiger partial charge in [-0.05, 0) is 36.6 Å². The third kappa shape index (κ3) is 5.66. The predicted octanol–water partition coefficient (Wildman–Crippen LogP) is 4.44. The van der Waals surface area contributed by atoms with Crippen molar-refractivity contribution in [3.8, 4) is 16.9 Å². The summed E-state index contributed by atoms with van der Waals surface area (Å²) < 4.78 is 25.3. The van der Waals surface area contributed by atoms with Gasteiger partial charge >= 0.3 is 5.97 Å². The smallest absolute Gasteiger partial charge is 0.333 e. The van der Waals surface area contributed by atoms with Gasteiger partial charge in [-0.2, -0.15) is 0 Å². The molecule has 0 aliphatic carbocycles. The molecule has 0 heterocycles. The standard InChI is InChI=1S/C22H25FO4/c1-4-5-16-6-8-18(20(23)12-16)19-9-7-17(14-24)13-21(19)26-10-11-27-22(25)15(2)3/h6-9,12-13,24H,2,4-5,10-11,14H2,1,3H3. The van der Waals surface area contributed by atoms with E-state index >= 15 is 0 Å². The first-order valence-electron chi connectivity index (χ1n) is 8.94. The van der Waals surface area contributed by atoms with Crippen molar-refractivity contribution in [1.82, 2.24) is 0 Å². The molecule has 2 aromatic rings. The van der Waals surface area contributed by atoms with Gasteiger partial charge in [0.05, 0.1) is 6.61 Å². The molecule has 4 nitrogen and oxygen atoms in total. The Bertz CT molecular complexity index is 814. The largest absolute Gasteiger partial charge is 0.489 e. The maximum Gasteiger partial charge on any atom is 0.333 e. The Labute approximate surface area is 159 Å². The molecule has 1 N–H and O–H groups in total. The molecule has 0 saturated carbocycles. The second-order valence-corrected chi connectivity index (χ2v) is 6.32. The zero-order chi connectivity index (χ0) is 19.8. The molecule has 0 aliphatic rings. The van der Waals surface area contributed by atoms with E-state index in [1.807, 2.05) is 13.0 Å². The summed E-state index contributed by atoms with van der Waals surface area (Å²) in [7, 11) is 0. The average molecular weight is 372 g/mol. The van der Waals surface area contributed by atoms with Gasteiger partial charge in [0.25, 0.3) is 0 Å². The fourth-order valence-corrected chi connectivity index (χ4v) is 2.64. The lowest BCUT2D eigenvalue weighted by Gasteiger charge is -2.14. The number of ether oxygens (including phenoxy) is 2. The van der Waals surface area contributed by atoms with Crippen LogP contribution < -0.4 is 4.74 Å². The number of carbonyl (C=O) groups excluding carboxylic acids is 1. The van der Waals surface area contributed by atoms with Gasteiger partial charge in [0.15, 0.2) is 0 Å². The number of benzene rings is 2. The highest BCUT2D eigenvalue weighted by molar-refractivity contribution is 5.86. The van der Waals surface area contributed by atoms with Crippen LogP contribution in [-0.4, -0.2) is 24.3 Å². The van der Waals surface area contributed by atoms with Crippen LogP contribution >= 0.6 is 0 Å². The van der Waals surface area contributed by atoms with E-state index in [9.17, 15) is 14.3 Å². The van der Waals surface area contributed by atoms with Gasteiger partial charge < -0.3 is 14.6 Å². The Balaban J connectivity index is 2.21. The van der Waals surface area contributed by atoms with Crippen LogP contribution in [0.4, 0.5) is 4.39 Å². The molecule has 0 aliphatic heterocycles. The zero-order valence-corrected chi connectivity index (χ0v) is 15.8. The van der Waals surface area contributed by atoms with Crippen LogP contribution in [0.3, 0.4) is 0 Å². The number of carbonyl (C=O) groups is 1. The average Bonchev–Trinajstić information content (AvgIpc) is 2.65. The molecule has 0 bridgehead atoms. The predicted molar refractivity (Wildman–Crippen MR) is 103 cm³/mol. The van der Waals surface area contributed by atoms with Gasteiger partial charge in [0, 0.05) is 16.7 Å². The third-order valence-corrected chi connectivity index (χ3v) is 4.01. The third-order valence-electron chi connectivity index (χ3n) is 4.01. The first-order valence-corrected chi connectivity index (χ1v) is 8.94. The van der Waals surface area contributed by atoms with Crippen molar-refractivity contribution in [3.63, 3.8) is 0 Å². The maximum atomic E-state index is 14.6. The molecule has 144 valence electrons. The summed E-state index contributed by atoms with van der Waals surface area (Å²) in [5, 5.41) is 9.37. The second kappa shape index (κ2) is 9.88. The first-order chi connectivity index (χ1) is 13.0. The van der Waals surface area contributed by atoms with Gasteiger partial charge in [-0.15, -0.1) is 0 Å². The topological polar surface area (TPSA) is 55.8 Å². The van der Waals surface area contributed by atoms with E-state index in [1.54, 1.807) is 31.2 Å². The van der Waals surface area contributed by atoms with Crippen molar-refractivity contribution < 1.29 is 23.8 Å². The lowest BCUT2D eigenvalue weighted by Crippen LogP contribution is -2.12. The fourth-order valence-electron chi connectivity index (χ4n) is 2.64. The molecule has 5 heteroatoms. The summed E-state index contributed by atoms with van der Waals surface area (Å²) in [5.41, 5.74) is 2.91. The molecular formula is C22H25FO4. The van der Waals surface area contributed by atoms with E-state index in [-0.39, 0.29) is 25.6 Å². The molecule has 2 rings (SSSR count). The number of aryl methyl sites for hydroxylation is 1. The van der Waals surface area contributed by atoms with Crippen LogP contribution in [-0.2, 0) is 22.6 Å². The van der Waals surface area contributed by atoms with Gasteiger partial charge in [0.1, 0.15) is 24.8 Å². The number of esters is 1. The Kier molecular flexibility index (Phi) is 7.55. The maximum absolute atomic E-state index is 14.6. The lowest BCUT2D eigenvalue weighted by molar-refractivity contribution is -0.139. The minimum Gasteiger partial charge on any atom is -0.489 e. The zero-order valence-electron chi connectivity index (χ0n) is 15.8. The van der Waals surface area contributed by atoms with Crippen LogP contribution in [0, 0.1) is 5.82 Å². The second-order valence-electron chi connectivity index (χ2n) is 6.32. The number of rotatable bonds is 9. The van der Waals surface area contributed by atoms with E-state index in [1.165, 1.54) is 6.07 Å². The highest BCUT2D eigenvalue weighted by atomic mass is 19.1. The molecule has 0 radical (unpaired) electrons. The summed E-state index contributed by atoms with van der Waals surface area (Å²) in [4.78, 5) is 11.4. The van der Waals surface area contributed by atoms with Crippen molar-refractivity contribution in [2.75, 3.05) is 13.2 Å². The highest BCUT2D eigenvalue weighted by Gasteiger charge is 2.13. The minimum absolute atomic E-state index is 0.0480. The van der Waals surface area contributed by atoms with Crippen molar-refractivity contribution in [3.05, 3.63) is 65.5 Å². The quantitative estimate of drug-likeness (QED) is 0.402. The summed E-state index contributed by atoms with van der Waals surface area (Å²) >= 11 is 0. The molecule has 0 unspecified atom stereocenters. The summed E-state index contributed by atoms with van der Waals surface area (Å²) in [6.45, 7) is 7.13. The molecule has 0 aromatic heterocycles. The van der Waals surface area contributed by atoms with Crippen LogP contribution in [0.15, 0.2) is 48.6 Å². The van der Waals surface area contributed by atoms with Crippen molar-refractivity contribution >= 4 is 5.97 Å². The van der Waals surface area contributed by atoms with Crippen LogP contribution in [0.25, 0.3) is 11.1 Å². The van der Waals surface area contributed by atoms with Crippen LogP contribution in [0.2, 0.25) is 0 Å². The molecular weight excluding hydrogens is 347 g/mol. The van der Waals surface area contributed by atoms with Crippen LogP contribution in [0.5, 0.6) is 5.75 Å². The lowest BCUT2D eigenvalue weighted by atomic mass is 9.99. The fraction of sp³-hybridized carbons (Fsp3) is 0.318. The van der Waals surface area contributed by atoms with Crippen molar-refractivity contribution in [2.24, 2.45) is 0 Å². The Hall–Kier alpha value is -2.66. The number of halogens is 1. The minimum atomic E-state index is -0.486. The highest BCUT2D eigenvalue weighted by Crippen LogP contribution is 2.33. The summed E-state index contributed by atoms with van der Waals surface area (Å²) in [6, 6.07) is 10.3. The Morgan fingerprint density at radius 2 is 1.81 bits per heavy atom. The molecule has 0 atom stereocenters. The summed E-state index contributed by atoms with van der Waals surface area (Å²) in [6.07, 6.45) is 1.76. The molecule has 0 saturated heterocycles. The molecule has 2 aromatic carbocycles. The SMILES string of the molecule is C=C(C)C(=O)OCCOc1cc(CO)ccc1-c1ccc(CCC)cc1F. The normalized spacial score (nSPS) is 10.5. The molecule has 0 spiro atoms. The van der Waals surface area contributed by atoms with Crippen LogP contribution in [0.1, 0.15) is 31.4 Å². The number of aliphatic hydroxyl groups excluding tert-OH is 1. The number of hydrogen-bond acceptors (Lipinski definition) is 4. The number of hydrogen-bond donors (Lipinski definition) is 1. The van der Waals surface area contributed by atoms with Gasteiger partial charge in [-0.3, -0.25) is 0 Å². The van der Waals surface area contributed by atoms with E-state index in [2.05, 4.69) is 6.58 Å². The first kappa shape index (κ1) is 20.6. The van der Waals surface area contributed by atoms with E-state index in [0.29, 0.717) is 28.0 Å². The van der Waals surface area contributed by atoms with Crippen molar-refractivity contribution in [1.29, 1.82) is 0 Å². The van der Waals surface area contributed by atoms with Gasteiger partial charge in [-0.25, -0.2) is 9.18 Å². The van der Waals surface area contributed by atoms with Gasteiger partial charge in [-0.1, -0.05) is 44.2 Å². The summed E-state index contributed by atoms with van der Waals surface area (Å²) in [5.74, 6) is -0.383. The Morgan fingerprint density at radius 3 is 2.44 bits per heavy atom. The van der Waals surface area contributed by atoms with E-state index in [0.717, 1.165) is 18.4 Å². The van der Waals surface area contributed by atoms with E-state index < -0.39 is 5.97 Å². The van der Waals surface area contributed by atoms with E-state index in [4.69, 9.17) is 9.47 Å². The number of aliphatic hydroxyl groups is 1.